The van der Waals surface area contributed by atoms with Crippen LogP contribution in [0.5, 0.6) is 0 Å². The van der Waals surface area contributed by atoms with Crippen LogP contribution in [0.1, 0.15) is 27.2 Å². The van der Waals surface area contributed by atoms with Crippen LogP contribution in [-0.2, 0) is 4.79 Å². The number of hydrogen-bond donors (Lipinski definition) is 1. The molecule has 0 radical (unpaired) electrons. The van der Waals surface area contributed by atoms with Crippen LogP contribution in [0.2, 0.25) is 0 Å². The first kappa shape index (κ1) is 10.8. The molecule has 0 saturated heterocycles. The third kappa shape index (κ3) is 7.72. The average molecular weight is 175 g/mol. The van der Waals surface area contributed by atoms with Gasteiger partial charge < -0.3 is 5.32 Å². The molecule has 0 atom stereocenters. The van der Waals surface area contributed by atoms with Crippen molar-refractivity contribution in [3.8, 4) is 0 Å². The topological polar surface area (TPSA) is 29.1 Å². The molecule has 1 amide bonds. The molecule has 11 heavy (non-hydrogen) atoms. The van der Waals surface area contributed by atoms with Crippen LogP contribution >= 0.6 is 11.8 Å². The predicted molar refractivity (Wildman–Crippen MR) is 50.9 cm³/mol. The Morgan fingerprint density at radius 3 is 2.64 bits per heavy atom. The van der Waals surface area contributed by atoms with E-state index in [4.69, 9.17) is 0 Å². The molecule has 0 aromatic carbocycles. The van der Waals surface area contributed by atoms with E-state index in [0.717, 1.165) is 12.3 Å². The molecule has 0 bridgehead atoms. The Morgan fingerprint density at radius 2 is 2.18 bits per heavy atom. The molecule has 0 heterocycles. The van der Waals surface area contributed by atoms with Gasteiger partial charge >= 0.3 is 0 Å². The Labute approximate surface area is 73.1 Å². The van der Waals surface area contributed by atoms with Crippen LogP contribution < -0.4 is 5.32 Å². The molecule has 0 aliphatic carbocycles. The van der Waals surface area contributed by atoms with Crippen molar-refractivity contribution in [3.63, 3.8) is 0 Å². The molecule has 0 aromatic heterocycles. The quantitative estimate of drug-likeness (QED) is 0.644. The summed E-state index contributed by atoms with van der Waals surface area (Å²) in [7, 11) is 0. The third-order valence-corrected chi connectivity index (χ3v) is 2.30. The van der Waals surface area contributed by atoms with Crippen molar-refractivity contribution in [1.82, 2.24) is 5.32 Å². The Hall–Kier alpha value is -0.180. The van der Waals surface area contributed by atoms with Gasteiger partial charge in [0.25, 0.3) is 0 Å². The van der Waals surface area contributed by atoms with E-state index in [0.29, 0.717) is 11.7 Å². The van der Waals surface area contributed by atoms with Gasteiger partial charge in [0.05, 0.1) is 0 Å². The molecule has 0 aromatic rings. The summed E-state index contributed by atoms with van der Waals surface area (Å²) in [6.45, 7) is 6.99. The summed E-state index contributed by atoms with van der Waals surface area (Å²) in [4.78, 5) is 10.7. The molecule has 0 aliphatic rings. The van der Waals surface area contributed by atoms with E-state index in [1.54, 1.807) is 0 Å². The lowest BCUT2D eigenvalue weighted by Gasteiger charge is -2.05. The molecular weight excluding hydrogens is 158 g/mol. The van der Waals surface area contributed by atoms with E-state index in [9.17, 15) is 4.79 Å². The first-order valence-corrected chi connectivity index (χ1v) is 5.10. The fraction of sp³-hybridized carbons (Fsp3) is 0.875. The molecule has 66 valence electrons. The van der Waals surface area contributed by atoms with Gasteiger partial charge in [0.2, 0.25) is 5.91 Å². The maximum absolute atomic E-state index is 10.7. The lowest BCUT2D eigenvalue weighted by Crippen LogP contribution is -2.24. The number of hydrogen-bond acceptors (Lipinski definition) is 2. The number of carbonyl (C=O) groups excluding carboxylic acids is 1. The van der Waals surface area contributed by atoms with Crippen LogP contribution in [0, 0.1) is 0 Å². The lowest BCUT2D eigenvalue weighted by molar-refractivity contribution is -0.120. The number of thioether (sulfide) groups is 1. The van der Waals surface area contributed by atoms with Gasteiger partial charge in [-0.2, -0.15) is 11.8 Å². The highest BCUT2D eigenvalue weighted by molar-refractivity contribution is 7.99. The van der Waals surface area contributed by atoms with Crippen LogP contribution in [-0.4, -0.2) is 23.5 Å². The fourth-order valence-electron chi connectivity index (χ4n) is 0.610. The van der Waals surface area contributed by atoms with E-state index in [2.05, 4.69) is 19.2 Å². The van der Waals surface area contributed by atoms with Gasteiger partial charge in [-0.05, 0) is 5.25 Å². The monoisotopic (exact) mass is 175 g/mol. The van der Waals surface area contributed by atoms with Gasteiger partial charge in [-0.15, -0.1) is 0 Å². The summed E-state index contributed by atoms with van der Waals surface area (Å²) >= 11 is 1.87. The molecule has 3 heteroatoms. The van der Waals surface area contributed by atoms with Gasteiger partial charge in [0.1, 0.15) is 0 Å². The van der Waals surface area contributed by atoms with Crippen LogP contribution in [0.15, 0.2) is 0 Å². The zero-order valence-electron chi connectivity index (χ0n) is 7.52. The fourth-order valence-corrected chi connectivity index (χ4v) is 1.30. The number of amides is 1. The second-order valence-electron chi connectivity index (χ2n) is 2.62. The van der Waals surface area contributed by atoms with Crippen LogP contribution in [0.4, 0.5) is 0 Å². The molecule has 2 nitrogen and oxygen atoms in total. The van der Waals surface area contributed by atoms with E-state index < -0.39 is 0 Å². The number of carbonyl (C=O) groups is 1. The molecule has 0 spiro atoms. The summed E-state index contributed by atoms with van der Waals surface area (Å²) in [5.74, 6) is 1.16. The first-order chi connectivity index (χ1) is 5.16. The van der Waals surface area contributed by atoms with Crippen molar-refractivity contribution >= 4 is 17.7 Å². The minimum Gasteiger partial charge on any atom is -0.355 e. The van der Waals surface area contributed by atoms with Crippen LogP contribution in [0.25, 0.3) is 0 Å². The maximum atomic E-state index is 10.7. The second-order valence-corrected chi connectivity index (χ2v) is 4.31. The predicted octanol–water partition coefficient (Wildman–Crippen LogP) is 1.65. The van der Waals surface area contributed by atoms with Gasteiger partial charge in [-0.1, -0.05) is 20.8 Å². The van der Waals surface area contributed by atoms with Crippen molar-refractivity contribution in [2.75, 3.05) is 12.3 Å². The number of rotatable bonds is 5. The third-order valence-electron chi connectivity index (χ3n) is 1.20. The minimum absolute atomic E-state index is 0.148. The normalized spacial score (nSPS) is 10.2. The average Bonchev–Trinajstić information content (AvgIpc) is 1.97. The van der Waals surface area contributed by atoms with Crippen molar-refractivity contribution in [3.05, 3.63) is 0 Å². The highest BCUT2D eigenvalue weighted by Gasteiger charge is 1.96. The van der Waals surface area contributed by atoms with E-state index >= 15 is 0 Å². The van der Waals surface area contributed by atoms with Gasteiger partial charge in [0.15, 0.2) is 0 Å². The first-order valence-electron chi connectivity index (χ1n) is 4.05. The van der Waals surface area contributed by atoms with Crippen LogP contribution in [0.3, 0.4) is 0 Å². The Kier molecular flexibility index (Phi) is 6.42. The number of nitrogens with one attached hydrogen (secondary N) is 1. The molecule has 1 N–H and O–H groups in total. The maximum Gasteiger partial charge on any atom is 0.219 e. The van der Waals surface area contributed by atoms with Gasteiger partial charge in [-0.3, -0.25) is 4.79 Å². The summed E-state index contributed by atoms with van der Waals surface area (Å²) < 4.78 is 0. The molecule has 0 rings (SSSR count). The SMILES string of the molecule is CCC(=O)NCCSC(C)C. The van der Waals surface area contributed by atoms with Crippen molar-refractivity contribution in [2.24, 2.45) is 0 Å². The summed E-state index contributed by atoms with van der Waals surface area (Å²) in [5, 5.41) is 3.49. The zero-order valence-corrected chi connectivity index (χ0v) is 8.33. The van der Waals surface area contributed by atoms with Crippen molar-refractivity contribution in [1.29, 1.82) is 0 Å². The van der Waals surface area contributed by atoms with Crippen molar-refractivity contribution in [2.45, 2.75) is 32.4 Å². The van der Waals surface area contributed by atoms with Gasteiger partial charge in [-0.25, -0.2) is 0 Å². The molecule has 0 aliphatic heterocycles. The molecular formula is C8H17NOS. The Balaban J connectivity index is 3.08. The van der Waals surface area contributed by atoms with Crippen molar-refractivity contribution < 1.29 is 4.79 Å². The molecule has 0 fully saturated rings. The largest absolute Gasteiger partial charge is 0.355 e. The Morgan fingerprint density at radius 1 is 1.55 bits per heavy atom. The zero-order chi connectivity index (χ0) is 8.69. The standard InChI is InChI=1S/C8H17NOS/c1-4-8(10)9-5-6-11-7(2)3/h7H,4-6H2,1-3H3,(H,9,10). The van der Waals surface area contributed by atoms with E-state index in [1.165, 1.54) is 0 Å². The minimum atomic E-state index is 0.148. The van der Waals surface area contributed by atoms with Gasteiger partial charge in [0, 0.05) is 18.7 Å². The summed E-state index contributed by atoms with van der Waals surface area (Å²) in [6, 6.07) is 0. The molecule has 0 unspecified atom stereocenters. The Bertz CT molecular complexity index is 115. The summed E-state index contributed by atoms with van der Waals surface area (Å²) in [6.07, 6.45) is 0.590. The summed E-state index contributed by atoms with van der Waals surface area (Å²) in [5.41, 5.74) is 0. The van der Waals surface area contributed by atoms with E-state index in [1.807, 2.05) is 18.7 Å². The molecule has 0 saturated carbocycles. The second kappa shape index (κ2) is 6.53. The highest BCUT2D eigenvalue weighted by Crippen LogP contribution is 2.06. The van der Waals surface area contributed by atoms with E-state index in [-0.39, 0.29) is 5.91 Å². The highest BCUT2D eigenvalue weighted by atomic mass is 32.2. The smallest absolute Gasteiger partial charge is 0.219 e. The lowest BCUT2D eigenvalue weighted by atomic mass is 10.4.